The minimum absolute atomic E-state index is 0.0646. The Hall–Kier alpha value is -2.82. The van der Waals surface area contributed by atoms with Gasteiger partial charge in [-0.15, -0.1) is 0 Å². The van der Waals surface area contributed by atoms with Crippen molar-refractivity contribution in [3.05, 3.63) is 71.8 Å². The van der Waals surface area contributed by atoms with E-state index in [4.69, 9.17) is 4.74 Å². The maximum atomic E-state index is 13.3. The second-order valence-corrected chi connectivity index (χ2v) is 9.35. The largest absolute Gasteiger partial charge is 0.444 e. The van der Waals surface area contributed by atoms with Gasteiger partial charge >= 0.3 is 6.09 Å². The number of amides is 2. The quantitative estimate of drug-likeness (QED) is 0.471. The molecule has 1 atom stereocenters. The van der Waals surface area contributed by atoms with Crippen LogP contribution in [0.2, 0.25) is 0 Å². The van der Waals surface area contributed by atoms with Gasteiger partial charge < -0.3 is 9.64 Å². The Labute approximate surface area is 193 Å². The van der Waals surface area contributed by atoms with Gasteiger partial charge in [0.25, 0.3) is 0 Å². The highest BCUT2D eigenvalue weighted by Gasteiger charge is 2.32. The third kappa shape index (κ3) is 8.74. The van der Waals surface area contributed by atoms with Crippen LogP contribution in [0.5, 0.6) is 0 Å². The van der Waals surface area contributed by atoms with Crippen LogP contribution in [0.1, 0.15) is 51.2 Å². The number of carbonyl (C=O) groups is 2. The Morgan fingerprint density at radius 2 is 1.41 bits per heavy atom. The van der Waals surface area contributed by atoms with Crippen molar-refractivity contribution in [1.82, 2.24) is 9.80 Å². The van der Waals surface area contributed by atoms with E-state index in [0.29, 0.717) is 13.0 Å². The molecule has 0 unspecified atom stereocenters. The predicted molar refractivity (Wildman–Crippen MR) is 130 cm³/mol. The highest BCUT2D eigenvalue weighted by Crippen LogP contribution is 2.16. The lowest BCUT2D eigenvalue weighted by Gasteiger charge is -2.32. The molecule has 5 heteroatoms. The zero-order valence-corrected chi connectivity index (χ0v) is 20.2. The van der Waals surface area contributed by atoms with Gasteiger partial charge in [-0.05, 0) is 51.2 Å². The zero-order valence-electron chi connectivity index (χ0n) is 20.2. The van der Waals surface area contributed by atoms with E-state index < -0.39 is 17.7 Å². The number of nitrogens with zero attached hydrogens (tertiary/aromatic N) is 2. The normalized spacial score (nSPS) is 12.2. The van der Waals surface area contributed by atoms with E-state index in [1.807, 2.05) is 64.2 Å². The molecule has 2 aromatic rings. The first-order valence-corrected chi connectivity index (χ1v) is 11.5. The molecule has 0 heterocycles. The Morgan fingerprint density at radius 3 is 1.97 bits per heavy atom. The summed E-state index contributed by atoms with van der Waals surface area (Å²) in [6, 6.07) is 19.6. The number of benzene rings is 2. The Kier molecular flexibility index (Phi) is 9.76. The fraction of sp³-hybridized carbons (Fsp3) is 0.481. The highest BCUT2D eigenvalue weighted by atomic mass is 16.6. The van der Waals surface area contributed by atoms with E-state index in [1.54, 1.807) is 11.9 Å². The van der Waals surface area contributed by atoms with Crippen LogP contribution in [0, 0.1) is 0 Å². The molecule has 0 radical (unpaired) electrons. The molecule has 0 saturated carbocycles. The van der Waals surface area contributed by atoms with Crippen LogP contribution in [0.4, 0.5) is 4.79 Å². The predicted octanol–water partition coefficient (Wildman–Crippen LogP) is 5.34. The summed E-state index contributed by atoms with van der Waals surface area (Å²) in [4.78, 5) is 29.2. The first kappa shape index (κ1) is 25.4. The average molecular weight is 439 g/mol. The van der Waals surface area contributed by atoms with Gasteiger partial charge in [0, 0.05) is 27.1 Å². The molecule has 5 nitrogen and oxygen atoms in total. The van der Waals surface area contributed by atoms with Gasteiger partial charge in [-0.3, -0.25) is 9.69 Å². The molecule has 0 aliphatic carbocycles. The summed E-state index contributed by atoms with van der Waals surface area (Å²) in [5.74, 6) is -0.0646. The van der Waals surface area contributed by atoms with E-state index in [0.717, 1.165) is 31.2 Å². The number of likely N-dealkylation sites (N-methyl/N-ethyl adjacent to an activating group) is 2. The molecule has 0 N–H and O–H groups in total. The Bertz CT molecular complexity index is 831. The number of hydrogen-bond donors (Lipinski definition) is 0. The lowest BCUT2D eigenvalue weighted by molar-refractivity contribution is -0.135. The summed E-state index contributed by atoms with van der Waals surface area (Å²) in [5, 5.41) is 0. The number of rotatable bonds is 10. The van der Waals surface area contributed by atoms with Crippen molar-refractivity contribution in [2.45, 2.75) is 64.5 Å². The zero-order chi connectivity index (χ0) is 23.6. The van der Waals surface area contributed by atoms with Gasteiger partial charge in [0.2, 0.25) is 5.91 Å². The van der Waals surface area contributed by atoms with E-state index in [2.05, 4.69) is 24.3 Å². The molecule has 2 amide bonds. The van der Waals surface area contributed by atoms with Gasteiger partial charge in [0.15, 0.2) is 0 Å². The summed E-state index contributed by atoms with van der Waals surface area (Å²) in [5.41, 5.74) is 1.74. The summed E-state index contributed by atoms with van der Waals surface area (Å²) in [6.45, 7) is 6.15. The summed E-state index contributed by atoms with van der Waals surface area (Å²) >= 11 is 0. The molecular weight excluding hydrogens is 400 g/mol. The van der Waals surface area contributed by atoms with Crippen molar-refractivity contribution in [2.24, 2.45) is 0 Å². The van der Waals surface area contributed by atoms with E-state index >= 15 is 0 Å². The molecule has 0 aliphatic heterocycles. The van der Waals surface area contributed by atoms with Crippen LogP contribution >= 0.6 is 0 Å². The number of ether oxygens (including phenoxy) is 1. The lowest BCUT2D eigenvalue weighted by atomic mass is 10.0. The van der Waals surface area contributed by atoms with Crippen LogP contribution in [0.15, 0.2) is 60.7 Å². The average Bonchev–Trinajstić information content (AvgIpc) is 2.76. The van der Waals surface area contributed by atoms with E-state index in [1.165, 1.54) is 10.5 Å². The topological polar surface area (TPSA) is 49.9 Å². The van der Waals surface area contributed by atoms with Crippen LogP contribution in [0.25, 0.3) is 0 Å². The number of carbonyl (C=O) groups excluding carboxylic acids is 2. The van der Waals surface area contributed by atoms with Crippen molar-refractivity contribution in [2.75, 3.05) is 20.6 Å². The maximum absolute atomic E-state index is 13.3. The third-order valence-electron chi connectivity index (χ3n) is 5.38. The first-order valence-electron chi connectivity index (χ1n) is 11.5. The van der Waals surface area contributed by atoms with Crippen LogP contribution in [-0.2, 0) is 22.4 Å². The fourth-order valence-corrected chi connectivity index (χ4v) is 3.55. The number of aryl methyl sites for hydroxylation is 1. The smallest absolute Gasteiger partial charge is 0.410 e. The third-order valence-corrected chi connectivity index (χ3v) is 5.38. The summed E-state index contributed by atoms with van der Waals surface area (Å²) < 4.78 is 5.52. The fourth-order valence-electron chi connectivity index (χ4n) is 3.55. The minimum Gasteiger partial charge on any atom is -0.444 e. The number of unbranched alkanes of at least 4 members (excludes halogenated alkanes) is 2. The van der Waals surface area contributed by atoms with Crippen molar-refractivity contribution >= 4 is 12.0 Å². The molecule has 0 aromatic heterocycles. The molecule has 174 valence electrons. The molecule has 0 aliphatic rings. The molecule has 32 heavy (non-hydrogen) atoms. The Morgan fingerprint density at radius 1 is 0.844 bits per heavy atom. The molecule has 2 aromatic carbocycles. The molecule has 0 spiro atoms. The number of hydrogen-bond acceptors (Lipinski definition) is 3. The molecule has 0 bridgehead atoms. The van der Waals surface area contributed by atoms with E-state index in [9.17, 15) is 9.59 Å². The second-order valence-electron chi connectivity index (χ2n) is 9.35. The SMILES string of the molecule is CN(CCCCCc1ccccc1)C(=O)[C@H](Cc1ccccc1)N(C)C(=O)OC(C)(C)C. The monoisotopic (exact) mass is 438 g/mol. The molecule has 0 saturated heterocycles. The maximum Gasteiger partial charge on any atom is 0.410 e. The minimum atomic E-state index is -0.615. The van der Waals surface area contributed by atoms with E-state index in [-0.39, 0.29) is 5.91 Å². The van der Waals surface area contributed by atoms with Gasteiger partial charge in [0.1, 0.15) is 11.6 Å². The molecule has 0 fully saturated rings. The van der Waals surface area contributed by atoms with Crippen molar-refractivity contribution in [1.29, 1.82) is 0 Å². The Balaban J connectivity index is 1.95. The summed E-state index contributed by atoms with van der Waals surface area (Å²) in [6.07, 6.45) is 4.10. The van der Waals surface area contributed by atoms with Gasteiger partial charge in [-0.1, -0.05) is 67.1 Å². The van der Waals surface area contributed by atoms with Crippen molar-refractivity contribution in [3.8, 4) is 0 Å². The van der Waals surface area contributed by atoms with Crippen LogP contribution in [-0.4, -0.2) is 54.1 Å². The molecular formula is C27H38N2O3. The standard InChI is InChI=1S/C27H38N2O3/c1-27(2,3)32-26(31)29(5)24(21-23-18-11-7-12-19-23)25(30)28(4)20-14-8-13-17-22-15-9-6-10-16-22/h6-7,9-12,15-16,18-19,24H,8,13-14,17,20-21H2,1-5H3/t24-/m0/s1. The van der Waals surface area contributed by atoms with Gasteiger partial charge in [-0.2, -0.15) is 0 Å². The molecule has 2 rings (SSSR count). The van der Waals surface area contributed by atoms with Crippen molar-refractivity contribution < 1.29 is 14.3 Å². The van der Waals surface area contributed by atoms with Gasteiger partial charge in [-0.25, -0.2) is 4.79 Å². The van der Waals surface area contributed by atoms with Crippen molar-refractivity contribution in [3.63, 3.8) is 0 Å². The van der Waals surface area contributed by atoms with Gasteiger partial charge in [0.05, 0.1) is 0 Å². The highest BCUT2D eigenvalue weighted by molar-refractivity contribution is 5.85. The van der Waals surface area contributed by atoms with Crippen LogP contribution < -0.4 is 0 Å². The first-order chi connectivity index (χ1) is 15.2. The lowest BCUT2D eigenvalue weighted by Crippen LogP contribution is -2.50. The second kappa shape index (κ2) is 12.3. The van der Waals surface area contributed by atoms with Crippen LogP contribution in [0.3, 0.4) is 0 Å². The summed E-state index contributed by atoms with van der Waals surface area (Å²) in [7, 11) is 3.47.